The van der Waals surface area contributed by atoms with E-state index >= 15 is 0 Å². The van der Waals surface area contributed by atoms with Gasteiger partial charge < -0.3 is 10.4 Å². The van der Waals surface area contributed by atoms with E-state index in [9.17, 15) is 0 Å². The van der Waals surface area contributed by atoms with Crippen molar-refractivity contribution in [3.8, 4) is 0 Å². The van der Waals surface area contributed by atoms with Crippen LogP contribution in [0.5, 0.6) is 0 Å². The van der Waals surface area contributed by atoms with Crippen LogP contribution in [-0.2, 0) is 13.5 Å². The van der Waals surface area contributed by atoms with Crippen molar-refractivity contribution in [3.05, 3.63) is 18.0 Å². The maximum atomic E-state index is 8.94. The lowest BCUT2D eigenvalue weighted by molar-refractivity contribution is 0.245. The monoisotopic (exact) mass is 223 g/mol. The highest BCUT2D eigenvalue weighted by molar-refractivity contribution is 5.04. The van der Waals surface area contributed by atoms with Gasteiger partial charge in [0.1, 0.15) is 0 Å². The summed E-state index contributed by atoms with van der Waals surface area (Å²) in [5.41, 5.74) is 1.70. The van der Waals surface area contributed by atoms with E-state index in [0.29, 0.717) is 12.0 Å². The van der Waals surface area contributed by atoms with Crippen LogP contribution in [0.1, 0.15) is 24.8 Å². The minimum absolute atomic E-state index is 0.324. The predicted molar refractivity (Wildman–Crippen MR) is 63.2 cm³/mol. The van der Waals surface area contributed by atoms with E-state index in [4.69, 9.17) is 5.11 Å². The molecule has 0 radical (unpaired) electrons. The van der Waals surface area contributed by atoms with Crippen molar-refractivity contribution in [1.29, 1.82) is 0 Å². The molecular weight excluding hydrogens is 202 g/mol. The lowest BCUT2D eigenvalue weighted by Crippen LogP contribution is -2.26. The molecule has 0 amide bonds. The first-order valence-corrected chi connectivity index (χ1v) is 6.03. The summed E-state index contributed by atoms with van der Waals surface area (Å²) in [5.74, 6) is 0. The number of rotatable bonds is 7. The molecule has 90 valence electrons. The van der Waals surface area contributed by atoms with Crippen molar-refractivity contribution < 1.29 is 5.11 Å². The molecule has 0 unspecified atom stereocenters. The first-order chi connectivity index (χ1) is 7.74. The zero-order chi connectivity index (χ0) is 11.4. The quantitative estimate of drug-likeness (QED) is 0.670. The van der Waals surface area contributed by atoms with Crippen molar-refractivity contribution >= 4 is 0 Å². The van der Waals surface area contributed by atoms with Gasteiger partial charge in [0.05, 0.1) is 6.20 Å². The maximum absolute atomic E-state index is 8.94. The molecule has 2 rings (SSSR count). The molecule has 0 bridgehead atoms. The summed E-state index contributed by atoms with van der Waals surface area (Å²) >= 11 is 0. The van der Waals surface area contributed by atoms with E-state index < -0.39 is 0 Å². The molecule has 1 fully saturated rings. The third-order valence-corrected chi connectivity index (χ3v) is 3.45. The molecule has 0 aromatic carbocycles. The smallest absolute Gasteiger partial charge is 0.0522 e. The number of nitrogens with one attached hydrogen (secondary N) is 1. The molecule has 1 heterocycles. The Morgan fingerprint density at radius 1 is 1.56 bits per heavy atom. The van der Waals surface area contributed by atoms with Crippen LogP contribution < -0.4 is 5.32 Å². The van der Waals surface area contributed by atoms with Gasteiger partial charge in [0, 0.05) is 26.4 Å². The fourth-order valence-electron chi connectivity index (χ4n) is 2.12. The number of aromatic nitrogens is 2. The maximum Gasteiger partial charge on any atom is 0.0522 e. The van der Waals surface area contributed by atoms with Gasteiger partial charge in [-0.15, -0.1) is 0 Å². The van der Waals surface area contributed by atoms with E-state index in [-0.39, 0.29) is 0 Å². The van der Waals surface area contributed by atoms with Crippen molar-refractivity contribution in [2.75, 3.05) is 19.7 Å². The molecule has 4 nitrogen and oxygen atoms in total. The number of aliphatic hydroxyl groups is 1. The summed E-state index contributed by atoms with van der Waals surface area (Å²) in [7, 11) is 1.94. The van der Waals surface area contributed by atoms with Gasteiger partial charge >= 0.3 is 0 Å². The molecule has 1 aromatic rings. The number of hydrogen-bond acceptors (Lipinski definition) is 3. The fraction of sp³-hybridized carbons (Fsp3) is 0.750. The zero-order valence-corrected chi connectivity index (χ0v) is 9.95. The average molecular weight is 223 g/mol. The molecule has 0 atom stereocenters. The molecule has 0 spiro atoms. The highest BCUT2D eigenvalue weighted by atomic mass is 16.3. The van der Waals surface area contributed by atoms with Crippen LogP contribution in [0.15, 0.2) is 12.4 Å². The van der Waals surface area contributed by atoms with Gasteiger partial charge in [0.25, 0.3) is 0 Å². The molecular formula is C12H21N3O. The van der Waals surface area contributed by atoms with Gasteiger partial charge in [0.15, 0.2) is 0 Å². The second-order valence-corrected chi connectivity index (χ2v) is 4.92. The zero-order valence-electron chi connectivity index (χ0n) is 9.95. The Kier molecular flexibility index (Phi) is 3.61. The van der Waals surface area contributed by atoms with E-state index in [2.05, 4.69) is 16.6 Å². The van der Waals surface area contributed by atoms with Crippen molar-refractivity contribution in [3.63, 3.8) is 0 Å². The van der Waals surface area contributed by atoms with Gasteiger partial charge in [-0.25, -0.2) is 0 Å². The molecule has 16 heavy (non-hydrogen) atoms. The van der Waals surface area contributed by atoms with E-state index in [1.165, 1.54) is 18.4 Å². The van der Waals surface area contributed by atoms with E-state index in [0.717, 1.165) is 25.9 Å². The summed E-state index contributed by atoms with van der Waals surface area (Å²) in [6, 6.07) is 0. The first-order valence-electron chi connectivity index (χ1n) is 6.03. The standard InChI is InChI=1S/C12H21N3O/c1-15-9-11(8-14-15)2-6-13-10-12(3-4-12)5-7-16/h8-9,13,16H,2-7,10H2,1H3. The van der Waals surface area contributed by atoms with Crippen molar-refractivity contribution in [2.24, 2.45) is 12.5 Å². The molecule has 0 aliphatic heterocycles. The summed E-state index contributed by atoms with van der Waals surface area (Å²) in [5, 5.41) is 16.6. The van der Waals surface area contributed by atoms with Crippen LogP contribution in [0.4, 0.5) is 0 Å². The van der Waals surface area contributed by atoms with Crippen LogP contribution in [0.3, 0.4) is 0 Å². The topological polar surface area (TPSA) is 50.1 Å². The lowest BCUT2D eigenvalue weighted by atomic mass is 10.0. The number of nitrogens with zero attached hydrogens (tertiary/aromatic N) is 2. The summed E-state index contributed by atoms with van der Waals surface area (Å²) < 4.78 is 1.84. The van der Waals surface area contributed by atoms with Crippen LogP contribution in [0, 0.1) is 5.41 Å². The van der Waals surface area contributed by atoms with Gasteiger partial charge in [-0.3, -0.25) is 4.68 Å². The van der Waals surface area contributed by atoms with Crippen LogP contribution in [0.2, 0.25) is 0 Å². The Labute approximate surface area is 96.7 Å². The summed E-state index contributed by atoms with van der Waals surface area (Å²) in [6.45, 7) is 2.37. The number of aryl methyl sites for hydroxylation is 1. The Hall–Kier alpha value is -0.870. The second kappa shape index (κ2) is 4.97. The largest absolute Gasteiger partial charge is 0.396 e. The van der Waals surface area contributed by atoms with Crippen molar-refractivity contribution in [2.45, 2.75) is 25.7 Å². The minimum Gasteiger partial charge on any atom is -0.396 e. The third kappa shape index (κ3) is 3.06. The molecule has 2 N–H and O–H groups in total. The molecule has 0 saturated heterocycles. The minimum atomic E-state index is 0.324. The van der Waals surface area contributed by atoms with Gasteiger partial charge in [-0.2, -0.15) is 5.10 Å². The molecule has 4 heteroatoms. The average Bonchev–Trinajstić information content (AvgIpc) is 2.90. The third-order valence-electron chi connectivity index (χ3n) is 3.45. The Morgan fingerprint density at radius 3 is 2.94 bits per heavy atom. The summed E-state index contributed by atoms with van der Waals surface area (Å²) in [4.78, 5) is 0. The van der Waals surface area contributed by atoms with Gasteiger partial charge in [-0.1, -0.05) is 0 Å². The van der Waals surface area contributed by atoms with Crippen LogP contribution in [0.25, 0.3) is 0 Å². The Morgan fingerprint density at radius 2 is 2.38 bits per heavy atom. The van der Waals surface area contributed by atoms with Crippen LogP contribution >= 0.6 is 0 Å². The molecule has 1 aliphatic rings. The van der Waals surface area contributed by atoms with E-state index in [1.807, 2.05) is 17.9 Å². The van der Waals surface area contributed by atoms with E-state index in [1.54, 1.807) is 0 Å². The highest BCUT2D eigenvalue weighted by Crippen LogP contribution is 2.47. The summed E-state index contributed by atoms with van der Waals surface area (Å²) in [6.07, 6.45) is 8.50. The highest BCUT2D eigenvalue weighted by Gasteiger charge is 2.41. The molecule has 1 aliphatic carbocycles. The van der Waals surface area contributed by atoms with Gasteiger partial charge in [0.2, 0.25) is 0 Å². The fourth-order valence-corrected chi connectivity index (χ4v) is 2.12. The van der Waals surface area contributed by atoms with Crippen LogP contribution in [-0.4, -0.2) is 34.6 Å². The lowest BCUT2D eigenvalue weighted by Gasteiger charge is -2.13. The Bertz CT molecular complexity index is 331. The number of hydrogen-bond donors (Lipinski definition) is 2. The molecule has 1 saturated carbocycles. The molecule has 1 aromatic heterocycles. The SMILES string of the molecule is Cn1cc(CCNCC2(CCO)CC2)cn1. The Balaban J connectivity index is 1.62. The second-order valence-electron chi connectivity index (χ2n) is 4.92. The number of aliphatic hydroxyl groups excluding tert-OH is 1. The van der Waals surface area contributed by atoms with Crippen molar-refractivity contribution in [1.82, 2.24) is 15.1 Å². The first kappa shape index (κ1) is 11.6. The predicted octanol–water partition coefficient (Wildman–Crippen LogP) is 0.715. The normalized spacial score (nSPS) is 17.6. The van der Waals surface area contributed by atoms with Gasteiger partial charge in [-0.05, 0) is 43.2 Å².